The molecule has 2 aliphatic heterocycles. The molecule has 3 atom stereocenters. The molecule has 5 aromatic rings. The van der Waals surface area contributed by atoms with Crippen molar-refractivity contribution in [2.24, 2.45) is 0 Å². The van der Waals surface area contributed by atoms with E-state index in [0.29, 0.717) is 63.6 Å². The standard InChI is InChI=1S/C35H30FN5O5S/c1-45-25-17-23(20-5-2-3-6-21(20)25)38-33(42)27-15-14-26(47-27)29-28(32-39-35(44)46-40-32)22(13-10-18-8-11-19(36)12-9-18)37-31-24-7-4-16-41(24)34(43)30(29)31/h2-3,5-6,8-9,11-12,14-15,23-25H,4,7,10,13,16-17H2,1H3,(H,38,42)(H,39,40,44)/t23-,24+,25+/m1/s1. The summed E-state index contributed by atoms with van der Waals surface area (Å²) in [5, 5.41) is 7.20. The molecule has 2 amide bonds. The Labute approximate surface area is 272 Å². The number of pyridine rings is 1. The predicted molar refractivity (Wildman–Crippen MR) is 172 cm³/mol. The number of hydrogen-bond acceptors (Lipinski definition) is 8. The molecule has 47 heavy (non-hydrogen) atoms. The largest absolute Gasteiger partial charge is 0.439 e. The first-order chi connectivity index (χ1) is 22.9. The van der Waals surface area contributed by atoms with Crippen LogP contribution < -0.4 is 11.1 Å². The number of aryl methyl sites for hydroxylation is 2. The molecule has 0 saturated carbocycles. The maximum atomic E-state index is 14.0. The molecule has 2 N–H and O–H groups in total. The van der Waals surface area contributed by atoms with Crippen LogP contribution in [0.4, 0.5) is 4.39 Å². The monoisotopic (exact) mass is 651 g/mol. The number of carbonyl (C=O) groups is 2. The van der Waals surface area contributed by atoms with Crippen molar-refractivity contribution in [3.05, 3.63) is 116 Å². The Kier molecular flexibility index (Phi) is 7.33. The fourth-order valence-corrected chi connectivity index (χ4v) is 8.22. The Balaban J connectivity index is 1.22. The highest BCUT2D eigenvalue weighted by Gasteiger charge is 2.44. The van der Waals surface area contributed by atoms with E-state index in [1.165, 1.54) is 23.5 Å². The maximum absolute atomic E-state index is 14.0. The lowest BCUT2D eigenvalue weighted by atomic mass is 9.93. The molecule has 0 unspecified atom stereocenters. The SMILES string of the molecule is CO[C@H]1C[C@@H](NC(=O)c2ccc(-c3c4c(nc(CCc5ccc(F)cc5)c3-c3noc(=O)[nH]3)[C@@H]3CCCN3C4=O)s2)c2ccccc21. The van der Waals surface area contributed by atoms with E-state index in [0.717, 1.165) is 29.5 Å². The van der Waals surface area contributed by atoms with Crippen molar-refractivity contribution in [1.82, 2.24) is 25.3 Å². The number of fused-ring (bicyclic) bond motifs is 4. The summed E-state index contributed by atoms with van der Waals surface area (Å²) in [6.07, 6.45) is 3.17. The number of nitrogens with one attached hydrogen (secondary N) is 2. The number of carbonyl (C=O) groups excluding carboxylic acids is 2. The van der Waals surface area contributed by atoms with Gasteiger partial charge in [-0.2, -0.15) is 0 Å². The van der Waals surface area contributed by atoms with Crippen LogP contribution >= 0.6 is 11.3 Å². The van der Waals surface area contributed by atoms with Crippen LogP contribution in [0, 0.1) is 5.82 Å². The van der Waals surface area contributed by atoms with Gasteiger partial charge in [-0.3, -0.25) is 24.1 Å². The van der Waals surface area contributed by atoms with Gasteiger partial charge in [-0.05, 0) is 66.6 Å². The number of H-pyrrole nitrogens is 1. The van der Waals surface area contributed by atoms with E-state index in [4.69, 9.17) is 14.2 Å². The van der Waals surface area contributed by atoms with E-state index in [1.807, 2.05) is 35.2 Å². The van der Waals surface area contributed by atoms with Gasteiger partial charge in [0, 0.05) is 30.5 Å². The number of thiophene rings is 1. The lowest BCUT2D eigenvalue weighted by Gasteiger charge is -2.16. The molecule has 3 aromatic heterocycles. The topological polar surface area (TPSA) is 130 Å². The van der Waals surface area contributed by atoms with Crippen LogP contribution in [0.2, 0.25) is 0 Å². The van der Waals surface area contributed by atoms with Crippen molar-refractivity contribution in [2.75, 3.05) is 13.7 Å². The first kappa shape index (κ1) is 29.5. The second-order valence-electron chi connectivity index (χ2n) is 12.1. The average molecular weight is 652 g/mol. The number of nitrogens with zero attached hydrogens (tertiary/aromatic N) is 3. The molecule has 2 aromatic carbocycles. The number of benzene rings is 2. The molecular weight excluding hydrogens is 621 g/mol. The Bertz CT molecular complexity index is 2090. The van der Waals surface area contributed by atoms with Gasteiger partial charge in [0.1, 0.15) is 5.82 Å². The quantitative estimate of drug-likeness (QED) is 0.213. The van der Waals surface area contributed by atoms with Crippen molar-refractivity contribution < 1.29 is 23.2 Å². The minimum atomic E-state index is -0.736. The third-order valence-electron chi connectivity index (χ3n) is 9.42. The molecule has 0 spiro atoms. The van der Waals surface area contributed by atoms with E-state index in [-0.39, 0.29) is 41.6 Å². The fourth-order valence-electron chi connectivity index (χ4n) is 7.26. The molecule has 12 heteroatoms. The molecule has 8 rings (SSSR count). The third kappa shape index (κ3) is 5.08. The highest BCUT2D eigenvalue weighted by molar-refractivity contribution is 7.17. The Morgan fingerprint density at radius 2 is 1.87 bits per heavy atom. The molecule has 1 aliphatic carbocycles. The van der Waals surface area contributed by atoms with Gasteiger partial charge in [0.05, 0.1) is 45.6 Å². The smallest absolute Gasteiger partial charge is 0.377 e. The maximum Gasteiger partial charge on any atom is 0.439 e. The van der Waals surface area contributed by atoms with Crippen LogP contribution in [0.25, 0.3) is 21.8 Å². The van der Waals surface area contributed by atoms with E-state index < -0.39 is 5.76 Å². The zero-order chi connectivity index (χ0) is 32.2. The van der Waals surface area contributed by atoms with Gasteiger partial charge in [0.15, 0.2) is 5.82 Å². The van der Waals surface area contributed by atoms with Crippen LogP contribution in [-0.4, -0.2) is 45.5 Å². The zero-order valence-corrected chi connectivity index (χ0v) is 26.2. The Hall–Kier alpha value is -4.94. The minimum absolute atomic E-state index is 0.101. The number of aromatic nitrogens is 3. The van der Waals surface area contributed by atoms with Gasteiger partial charge in [-0.1, -0.05) is 41.6 Å². The first-order valence-electron chi connectivity index (χ1n) is 15.6. The summed E-state index contributed by atoms with van der Waals surface area (Å²) >= 11 is 1.27. The Morgan fingerprint density at radius 3 is 2.64 bits per heavy atom. The van der Waals surface area contributed by atoms with Crippen molar-refractivity contribution in [3.8, 4) is 21.8 Å². The summed E-state index contributed by atoms with van der Waals surface area (Å²) in [4.78, 5) is 50.6. The van der Waals surface area contributed by atoms with Crippen molar-refractivity contribution in [1.29, 1.82) is 0 Å². The molecule has 5 heterocycles. The van der Waals surface area contributed by atoms with Crippen LogP contribution in [0.15, 0.2) is 70.0 Å². The summed E-state index contributed by atoms with van der Waals surface area (Å²) in [5.41, 5.74) is 5.84. The van der Waals surface area contributed by atoms with Gasteiger partial charge in [-0.25, -0.2) is 9.18 Å². The van der Waals surface area contributed by atoms with E-state index in [9.17, 15) is 18.8 Å². The summed E-state index contributed by atoms with van der Waals surface area (Å²) in [5.74, 6) is -1.26. The van der Waals surface area contributed by atoms with Crippen LogP contribution in [0.1, 0.15) is 85.6 Å². The molecule has 0 bridgehead atoms. The molecule has 10 nitrogen and oxygen atoms in total. The van der Waals surface area contributed by atoms with Gasteiger partial charge < -0.3 is 15.0 Å². The molecule has 3 aliphatic rings. The van der Waals surface area contributed by atoms with Crippen molar-refractivity contribution >= 4 is 23.2 Å². The lowest BCUT2D eigenvalue weighted by molar-refractivity contribution is 0.0775. The molecule has 0 radical (unpaired) electrons. The van der Waals surface area contributed by atoms with E-state index >= 15 is 0 Å². The number of ether oxygens (including phenoxy) is 1. The van der Waals surface area contributed by atoms with Crippen LogP contribution in [-0.2, 0) is 17.6 Å². The van der Waals surface area contributed by atoms with Crippen molar-refractivity contribution in [3.63, 3.8) is 0 Å². The molecule has 238 valence electrons. The lowest BCUT2D eigenvalue weighted by Crippen LogP contribution is -2.26. The number of rotatable bonds is 8. The molecule has 1 saturated heterocycles. The number of amides is 2. The predicted octanol–water partition coefficient (Wildman–Crippen LogP) is 5.93. The average Bonchev–Trinajstić information content (AvgIpc) is 3.92. The summed E-state index contributed by atoms with van der Waals surface area (Å²) in [6.45, 7) is 0.629. The second kappa shape index (κ2) is 11.7. The summed E-state index contributed by atoms with van der Waals surface area (Å²) in [6, 6.07) is 17.5. The number of aromatic amines is 1. The van der Waals surface area contributed by atoms with Gasteiger partial charge in [-0.15, -0.1) is 11.3 Å². The highest BCUT2D eigenvalue weighted by atomic mass is 32.1. The highest BCUT2D eigenvalue weighted by Crippen LogP contribution is 2.49. The normalized spacial score (nSPS) is 19.6. The van der Waals surface area contributed by atoms with Crippen LogP contribution in [0.3, 0.4) is 0 Å². The third-order valence-corrected chi connectivity index (χ3v) is 10.5. The minimum Gasteiger partial charge on any atom is -0.377 e. The van der Waals surface area contributed by atoms with Gasteiger partial charge in [0.2, 0.25) is 0 Å². The summed E-state index contributed by atoms with van der Waals surface area (Å²) in [7, 11) is 1.67. The van der Waals surface area contributed by atoms with Crippen LogP contribution in [0.5, 0.6) is 0 Å². The molecular formula is C35H30FN5O5S. The fraction of sp³-hybridized carbons (Fsp3) is 0.286. The first-order valence-corrected chi connectivity index (χ1v) is 16.4. The number of halogens is 1. The Morgan fingerprint density at radius 1 is 1.06 bits per heavy atom. The molecule has 1 fully saturated rings. The number of methoxy groups -OCH3 is 1. The number of hydrogen-bond donors (Lipinski definition) is 2. The van der Waals surface area contributed by atoms with Crippen molar-refractivity contribution in [2.45, 2.75) is 50.3 Å². The zero-order valence-electron chi connectivity index (χ0n) is 25.4. The van der Waals surface area contributed by atoms with Gasteiger partial charge >= 0.3 is 5.76 Å². The van der Waals surface area contributed by atoms with Gasteiger partial charge in [0.25, 0.3) is 11.8 Å². The second-order valence-corrected chi connectivity index (χ2v) is 13.2. The van der Waals surface area contributed by atoms with E-state index in [1.54, 1.807) is 25.3 Å². The summed E-state index contributed by atoms with van der Waals surface area (Å²) < 4.78 is 24.2. The van der Waals surface area contributed by atoms with E-state index in [2.05, 4.69) is 15.5 Å².